The average Bonchev–Trinajstić information content (AvgIpc) is 3.24. The number of benzene rings is 2. The SMILES string of the molecule is COCCCN(Cc1cccn1Cc1cccc(F)c1)C(=O)c1ccc(OC)cc1OC. The van der Waals surface area contributed by atoms with Gasteiger partial charge in [0, 0.05) is 44.8 Å². The van der Waals surface area contributed by atoms with E-state index in [0.717, 1.165) is 11.3 Å². The predicted octanol–water partition coefficient (Wildman–Crippen LogP) is 4.37. The van der Waals surface area contributed by atoms with Crippen LogP contribution in [0.4, 0.5) is 4.39 Å². The summed E-state index contributed by atoms with van der Waals surface area (Å²) in [6.07, 6.45) is 2.64. The van der Waals surface area contributed by atoms with Gasteiger partial charge in [0.2, 0.25) is 0 Å². The monoisotopic (exact) mass is 440 g/mol. The third kappa shape index (κ3) is 5.88. The van der Waals surface area contributed by atoms with Gasteiger partial charge in [0.05, 0.1) is 26.3 Å². The molecule has 0 aliphatic rings. The number of rotatable bonds is 11. The molecule has 2 aromatic carbocycles. The van der Waals surface area contributed by atoms with Crippen LogP contribution in [0.25, 0.3) is 0 Å². The van der Waals surface area contributed by atoms with Gasteiger partial charge in [0.15, 0.2) is 0 Å². The lowest BCUT2D eigenvalue weighted by Crippen LogP contribution is -2.33. The van der Waals surface area contributed by atoms with E-state index in [9.17, 15) is 9.18 Å². The Morgan fingerprint density at radius 1 is 1.03 bits per heavy atom. The second kappa shape index (κ2) is 11.3. The minimum absolute atomic E-state index is 0.140. The number of amides is 1. The first-order chi connectivity index (χ1) is 15.5. The van der Waals surface area contributed by atoms with E-state index in [2.05, 4.69) is 0 Å². The summed E-state index contributed by atoms with van der Waals surface area (Å²) in [5.41, 5.74) is 2.28. The minimum Gasteiger partial charge on any atom is -0.497 e. The highest BCUT2D eigenvalue weighted by Crippen LogP contribution is 2.26. The number of carbonyl (C=O) groups excluding carboxylic acids is 1. The van der Waals surface area contributed by atoms with Crippen LogP contribution in [0.1, 0.15) is 28.0 Å². The van der Waals surface area contributed by atoms with Gasteiger partial charge in [-0.25, -0.2) is 4.39 Å². The van der Waals surface area contributed by atoms with Crippen molar-refractivity contribution in [3.8, 4) is 11.5 Å². The van der Waals surface area contributed by atoms with Crippen molar-refractivity contribution >= 4 is 5.91 Å². The van der Waals surface area contributed by atoms with Crippen LogP contribution in [-0.4, -0.2) is 49.9 Å². The molecule has 0 saturated heterocycles. The average molecular weight is 441 g/mol. The summed E-state index contributed by atoms with van der Waals surface area (Å²) in [4.78, 5) is 15.2. The van der Waals surface area contributed by atoms with E-state index in [0.29, 0.717) is 49.7 Å². The van der Waals surface area contributed by atoms with Crippen molar-refractivity contribution in [3.63, 3.8) is 0 Å². The number of hydrogen-bond acceptors (Lipinski definition) is 4. The Kier molecular flexibility index (Phi) is 8.27. The van der Waals surface area contributed by atoms with Gasteiger partial charge in [-0.1, -0.05) is 12.1 Å². The zero-order valence-electron chi connectivity index (χ0n) is 18.7. The zero-order valence-corrected chi connectivity index (χ0v) is 18.7. The van der Waals surface area contributed by atoms with Crippen LogP contribution < -0.4 is 9.47 Å². The molecule has 0 aliphatic carbocycles. The Morgan fingerprint density at radius 3 is 2.59 bits per heavy atom. The van der Waals surface area contributed by atoms with Crippen LogP contribution in [0, 0.1) is 5.82 Å². The molecule has 0 radical (unpaired) electrons. The number of ether oxygens (including phenoxy) is 3. The Labute approximate surface area is 188 Å². The number of nitrogens with zero attached hydrogens (tertiary/aromatic N) is 2. The molecule has 7 heteroatoms. The van der Waals surface area contributed by atoms with E-state index >= 15 is 0 Å². The Balaban J connectivity index is 1.84. The lowest BCUT2D eigenvalue weighted by Gasteiger charge is -2.25. The predicted molar refractivity (Wildman–Crippen MR) is 121 cm³/mol. The van der Waals surface area contributed by atoms with Gasteiger partial charge in [-0.3, -0.25) is 4.79 Å². The number of methoxy groups -OCH3 is 3. The summed E-state index contributed by atoms with van der Waals surface area (Å²) >= 11 is 0. The van der Waals surface area contributed by atoms with Crippen molar-refractivity contribution in [1.29, 1.82) is 0 Å². The summed E-state index contributed by atoms with van der Waals surface area (Å²) in [6.45, 7) is 1.99. The second-order valence-electron chi connectivity index (χ2n) is 7.40. The van der Waals surface area contributed by atoms with Gasteiger partial charge in [-0.05, 0) is 48.4 Å². The van der Waals surface area contributed by atoms with Crippen LogP contribution in [0.2, 0.25) is 0 Å². The maximum atomic E-state index is 13.6. The highest BCUT2D eigenvalue weighted by molar-refractivity contribution is 5.97. The lowest BCUT2D eigenvalue weighted by molar-refractivity contribution is 0.0716. The molecule has 6 nitrogen and oxygen atoms in total. The van der Waals surface area contributed by atoms with Crippen LogP contribution in [0.15, 0.2) is 60.8 Å². The molecule has 0 N–H and O–H groups in total. The smallest absolute Gasteiger partial charge is 0.257 e. The molecule has 3 aromatic rings. The fourth-order valence-electron chi connectivity index (χ4n) is 3.57. The molecule has 0 aliphatic heterocycles. The van der Waals surface area contributed by atoms with Crippen molar-refractivity contribution in [1.82, 2.24) is 9.47 Å². The molecule has 3 rings (SSSR count). The fraction of sp³-hybridized carbons (Fsp3) is 0.320. The summed E-state index contributed by atoms with van der Waals surface area (Å²) in [5, 5.41) is 0. The lowest BCUT2D eigenvalue weighted by atomic mass is 10.1. The Bertz CT molecular complexity index is 1030. The maximum Gasteiger partial charge on any atom is 0.257 e. The first-order valence-electron chi connectivity index (χ1n) is 10.4. The summed E-state index contributed by atoms with van der Waals surface area (Å²) in [6, 6.07) is 15.6. The van der Waals surface area contributed by atoms with Crippen LogP contribution in [0.3, 0.4) is 0 Å². The van der Waals surface area contributed by atoms with Crippen LogP contribution in [-0.2, 0) is 17.8 Å². The van der Waals surface area contributed by atoms with Crippen LogP contribution in [0.5, 0.6) is 11.5 Å². The molecule has 1 amide bonds. The number of aromatic nitrogens is 1. The van der Waals surface area contributed by atoms with Gasteiger partial charge in [0.25, 0.3) is 5.91 Å². The molecular formula is C25H29FN2O4. The molecule has 0 spiro atoms. The molecule has 0 bridgehead atoms. The van der Waals surface area contributed by atoms with Gasteiger partial charge < -0.3 is 23.7 Å². The molecule has 32 heavy (non-hydrogen) atoms. The van der Waals surface area contributed by atoms with Gasteiger partial charge in [-0.15, -0.1) is 0 Å². The van der Waals surface area contributed by atoms with E-state index in [1.165, 1.54) is 19.2 Å². The third-order valence-electron chi connectivity index (χ3n) is 5.22. The molecular weight excluding hydrogens is 411 g/mol. The Hall–Kier alpha value is -3.32. The highest BCUT2D eigenvalue weighted by atomic mass is 19.1. The summed E-state index contributed by atoms with van der Waals surface area (Å²) in [5.74, 6) is 0.674. The first-order valence-corrected chi connectivity index (χ1v) is 10.4. The molecule has 1 aromatic heterocycles. The van der Waals surface area contributed by atoms with Crippen molar-refractivity contribution in [2.24, 2.45) is 0 Å². The van der Waals surface area contributed by atoms with Crippen LogP contribution >= 0.6 is 0 Å². The molecule has 0 fully saturated rings. The molecule has 170 valence electrons. The molecule has 0 atom stereocenters. The first kappa shape index (κ1) is 23.3. The molecule has 0 unspecified atom stereocenters. The van der Waals surface area contributed by atoms with Gasteiger partial charge in [-0.2, -0.15) is 0 Å². The van der Waals surface area contributed by atoms with E-state index in [1.807, 2.05) is 29.0 Å². The van der Waals surface area contributed by atoms with Crippen molar-refractivity contribution < 1.29 is 23.4 Å². The van der Waals surface area contributed by atoms with Gasteiger partial charge in [0.1, 0.15) is 17.3 Å². The Morgan fingerprint density at radius 2 is 1.88 bits per heavy atom. The quantitative estimate of drug-likeness (QED) is 0.416. The third-order valence-corrected chi connectivity index (χ3v) is 5.22. The van der Waals surface area contributed by atoms with E-state index in [-0.39, 0.29) is 11.7 Å². The van der Waals surface area contributed by atoms with E-state index in [1.54, 1.807) is 43.4 Å². The largest absolute Gasteiger partial charge is 0.497 e. The number of carbonyl (C=O) groups is 1. The maximum absolute atomic E-state index is 13.6. The van der Waals surface area contributed by atoms with Gasteiger partial charge >= 0.3 is 0 Å². The fourth-order valence-corrected chi connectivity index (χ4v) is 3.57. The van der Waals surface area contributed by atoms with Crippen molar-refractivity contribution in [3.05, 3.63) is 83.4 Å². The standard InChI is InChI=1S/C25H29FN2O4/c1-30-14-6-13-28(25(29)23-11-10-22(31-2)16-24(23)32-3)18-21-9-5-12-27(21)17-19-7-4-8-20(26)15-19/h4-5,7-12,15-16H,6,13-14,17-18H2,1-3H3. The van der Waals surface area contributed by atoms with Crippen molar-refractivity contribution in [2.75, 3.05) is 34.5 Å². The normalized spacial score (nSPS) is 10.8. The summed E-state index contributed by atoms with van der Waals surface area (Å²) < 4.78 is 31.5. The minimum atomic E-state index is -0.265. The molecule has 1 heterocycles. The van der Waals surface area contributed by atoms with E-state index < -0.39 is 0 Å². The second-order valence-corrected chi connectivity index (χ2v) is 7.40. The zero-order chi connectivity index (χ0) is 22.9. The summed E-state index contributed by atoms with van der Waals surface area (Å²) in [7, 11) is 4.74. The topological polar surface area (TPSA) is 52.9 Å². The number of halogens is 1. The van der Waals surface area contributed by atoms with E-state index in [4.69, 9.17) is 14.2 Å². The molecule has 0 saturated carbocycles. The number of hydrogen-bond donors (Lipinski definition) is 0. The van der Waals surface area contributed by atoms with Crippen molar-refractivity contribution in [2.45, 2.75) is 19.5 Å². The highest BCUT2D eigenvalue weighted by Gasteiger charge is 2.21.